The number of carbonyl (C=O) groups is 1. The number of ketones is 1. The zero-order valence-corrected chi connectivity index (χ0v) is 9.59. The molecule has 0 rings (SSSR count). The van der Waals surface area contributed by atoms with Crippen LogP contribution in [0.3, 0.4) is 0 Å². The van der Waals surface area contributed by atoms with Crippen LogP contribution in [0, 0.1) is 0 Å². The summed E-state index contributed by atoms with van der Waals surface area (Å²) in [6.45, 7) is 6.27. The number of ether oxygens (including phenoxy) is 1. The van der Waals surface area contributed by atoms with Crippen LogP contribution in [-0.2, 0) is 9.53 Å². The van der Waals surface area contributed by atoms with E-state index in [0.29, 0.717) is 0 Å². The van der Waals surface area contributed by atoms with Crippen LogP contribution in [0.1, 0.15) is 20.8 Å². The summed E-state index contributed by atoms with van der Waals surface area (Å²) < 4.78 is 29.6. The maximum Gasteiger partial charge on any atom is 0.278 e. The van der Waals surface area contributed by atoms with Gasteiger partial charge in [-0.3, -0.25) is 4.79 Å². The van der Waals surface area contributed by atoms with Gasteiger partial charge in [0.15, 0.2) is 12.4 Å². The van der Waals surface area contributed by atoms with E-state index >= 15 is 0 Å². The van der Waals surface area contributed by atoms with E-state index in [0.717, 1.165) is 6.92 Å². The van der Waals surface area contributed by atoms with Gasteiger partial charge in [0.1, 0.15) is 11.5 Å². The summed E-state index contributed by atoms with van der Waals surface area (Å²) in [6, 6.07) is 0. The van der Waals surface area contributed by atoms with Crippen LogP contribution in [0.2, 0.25) is 0 Å². The Morgan fingerprint density at radius 3 is 2.44 bits per heavy atom. The normalized spacial score (nSPS) is 13.6. The number of aliphatic imine (C=N–C) groups is 1. The first kappa shape index (κ1) is 14.5. The maximum atomic E-state index is 12.4. The van der Waals surface area contributed by atoms with Gasteiger partial charge in [-0.15, -0.1) is 0 Å². The van der Waals surface area contributed by atoms with Crippen molar-refractivity contribution in [1.29, 1.82) is 0 Å². The highest BCUT2D eigenvalue weighted by molar-refractivity contribution is 6.43. The second-order valence-corrected chi connectivity index (χ2v) is 3.37. The van der Waals surface area contributed by atoms with E-state index in [1.807, 2.05) is 0 Å². The first-order valence-electron chi connectivity index (χ1n) is 4.65. The van der Waals surface area contributed by atoms with Gasteiger partial charge >= 0.3 is 0 Å². The molecule has 3 nitrogen and oxygen atoms in total. The van der Waals surface area contributed by atoms with Crippen molar-refractivity contribution >= 4 is 11.5 Å². The molecule has 0 amide bonds. The standard InChI is InChI=1S/C11H15F2NO2/c1-5-10(9(3)15)14-6-8(2)16-7-11(4,12)13/h5-6H,1,7H2,2-4H3/b8-6+,14-10?. The summed E-state index contributed by atoms with van der Waals surface area (Å²) in [5.74, 6) is -2.93. The van der Waals surface area contributed by atoms with Crippen LogP contribution >= 0.6 is 0 Å². The van der Waals surface area contributed by atoms with Crippen molar-refractivity contribution in [2.75, 3.05) is 6.61 Å². The van der Waals surface area contributed by atoms with Crippen molar-refractivity contribution in [1.82, 2.24) is 0 Å². The number of Topliss-reactive ketones (excluding diaryl/α,β-unsaturated/α-hetero) is 1. The molecular weight excluding hydrogens is 216 g/mol. The first-order chi connectivity index (χ1) is 7.26. The van der Waals surface area contributed by atoms with Crippen molar-refractivity contribution in [3.8, 4) is 0 Å². The van der Waals surface area contributed by atoms with E-state index < -0.39 is 12.5 Å². The van der Waals surface area contributed by atoms with E-state index in [1.165, 1.54) is 26.1 Å². The maximum absolute atomic E-state index is 12.4. The third-order valence-electron chi connectivity index (χ3n) is 1.49. The molecule has 0 aliphatic rings. The molecule has 5 heteroatoms. The van der Waals surface area contributed by atoms with Gasteiger partial charge in [0.2, 0.25) is 0 Å². The quantitative estimate of drug-likeness (QED) is 0.520. The van der Waals surface area contributed by atoms with E-state index in [9.17, 15) is 13.6 Å². The Morgan fingerprint density at radius 2 is 2.06 bits per heavy atom. The number of alkyl halides is 2. The van der Waals surface area contributed by atoms with Crippen LogP contribution in [-0.4, -0.2) is 24.0 Å². The molecule has 0 saturated carbocycles. The third kappa shape index (κ3) is 6.86. The lowest BCUT2D eigenvalue weighted by Crippen LogP contribution is -2.18. The molecule has 0 aromatic carbocycles. The minimum Gasteiger partial charge on any atom is -0.490 e. The molecule has 0 N–H and O–H groups in total. The topological polar surface area (TPSA) is 38.7 Å². The lowest BCUT2D eigenvalue weighted by Gasteiger charge is -2.11. The van der Waals surface area contributed by atoms with E-state index in [4.69, 9.17) is 4.74 Å². The highest BCUT2D eigenvalue weighted by Crippen LogP contribution is 2.13. The molecule has 0 fully saturated rings. The fraction of sp³-hybridized carbons (Fsp3) is 0.455. The molecule has 0 aliphatic carbocycles. The van der Waals surface area contributed by atoms with Gasteiger partial charge in [0.05, 0.1) is 6.20 Å². The molecule has 0 heterocycles. The predicted molar refractivity (Wildman–Crippen MR) is 58.6 cm³/mol. The second kappa shape index (κ2) is 6.15. The lowest BCUT2D eigenvalue weighted by molar-refractivity contribution is -0.111. The molecule has 0 radical (unpaired) electrons. The molecule has 0 aromatic rings. The Balaban J connectivity index is 4.44. The second-order valence-electron chi connectivity index (χ2n) is 3.37. The molecule has 0 saturated heterocycles. The molecule has 0 spiro atoms. The summed E-state index contributed by atoms with van der Waals surface area (Å²) in [6.07, 6.45) is 2.50. The van der Waals surface area contributed by atoms with Gasteiger partial charge in [-0.25, -0.2) is 13.8 Å². The number of hydrogen-bond donors (Lipinski definition) is 0. The Kier molecular flexibility index (Phi) is 5.56. The Bertz CT molecular complexity index is 327. The number of carbonyl (C=O) groups excluding carboxylic acids is 1. The Labute approximate surface area is 93.5 Å². The fourth-order valence-corrected chi connectivity index (χ4v) is 0.726. The summed E-state index contributed by atoms with van der Waals surface area (Å²) >= 11 is 0. The van der Waals surface area contributed by atoms with Gasteiger partial charge in [0, 0.05) is 13.8 Å². The minimum absolute atomic E-state index is 0.159. The highest BCUT2D eigenvalue weighted by atomic mass is 19.3. The average molecular weight is 231 g/mol. The molecule has 0 aliphatic heterocycles. The average Bonchev–Trinajstić information content (AvgIpc) is 2.14. The number of halogens is 2. The van der Waals surface area contributed by atoms with Gasteiger partial charge < -0.3 is 4.74 Å². The summed E-state index contributed by atoms with van der Waals surface area (Å²) in [5, 5.41) is 0. The fourth-order valence-electron chi connectivity index (χ4n) is 0.726. The summed E-state index contributed by atoms with van der Waals surface area (Å²) in [4.78, 5) is 14.7. The molecule has 0 atom stereocenters. The SMILES string of the molecule is C=CC(=N/C=C(\C)OCC(C)(F)F)C(C)=O. The number of nitrogens with zero attached hydrogens (tertiary/aromatic N) is 1. The Morgan fingerprint density at radius 1 is 1.50 bits per heavy atom. The molecule has 0 aromatic heterocycles. The first-order valence-corrected chi connectivity index (χ1v) is 4.65. The monoisotopic (exact) mass is 231 g/mol. The largest absolute Gasteiger partial charge is 0.490 e. The third-order valence-corrected chi connectivity index (χ3v) is 1.49. The van der Waals surface area contributed by atoms with Crippen molar-refractivity contribution in [2.24, 2.45) is 4.99 Å². The van der Waals surface area contributed by atoms with Crippen molar-refractivity contribution in [2.45, 2.75) is 26.7 Å². The molecule has 90 valence electrons. The zero-order valence-electron chi connectivity index (χ0n) is 9.59. The zero-order chi connectivity index (χ0) is 12.8. The molecule has 0 bridgehead atoms. The molecule has 0 unspecified atom stereocenters. The minimum atomic E-state index is -2.89. The summed E-state index contributed by atoms with van der Waals surface area (Å²) in [5.41, 5.74) is 0.159. The predicted octanol–water partition coefficient (Wildman–Crippen LogP) is 2.74. The smallest absolute Gasteiger partial charge is 0.278 e. The van der Waals surface area contributed by atoms with Crippen LogP contribution in [0.4, 0.5) is 8.78 Å². The molecule has 16 heavy (non-hydrogen) atoms. The Hall–Kier alpha value is -1.52. The highest BCUT2D eigenvalue weighted by Gasteiger charge is 2.21. The van der Waals surface area contributed by atoms with Gasteiger partial charge in [-0.1, -0.05) is 6.58 Å². The van der Waals surface area contributed by atoms with Gasteiger partial charge in [-0.05, 0) is 13.0 Å². The number of rotatable bonds is 6. The summed E-state index contributed by atoms with van der Waals surface area (Å²) in [7, 11) is 0. The number of allylic oxidation sites excluding steroid dienone is 2. The van der Waals surface area contributed by atoms with E-state index in [2.05, 4.69) is 11.6 Å². The van der Waals surface area contributed by atoms with Crippen LogP contribution in [0.25, 0.3) is 0 Å². The molecular formula is C11H15F2NO2. The van der Waals surface area contributed by atoms with Gasteiger partial charge in [0.25, 0.3) is 5.92 Å². The van der Waals surface area contributed by atoms with Crippen LogP contribution < -0.4 is 0 Å². The van der Waals surface area contributed by atoms with Crippen LogP contribution in [0.5, 0.6) is 0 Å². The van der Waals surface area contributed by atoms with Gasteiger partial charge in [-0.2, -0.15) is 0 Å². The lowest BCUT2D eigenvalue weighted by atomic mass is 10.3. The van der Waals surface area contributed by atoms with Crippen LogP contribution in [0.15, 0.2) is 29.6 Å². The van der Waals surface area contributed by atoms with E-state index in [-0.39, 0.29) is 17.3 Å². The van der Waals surface area contributed by atoms with Crippen molar-refractivity contribution < 1.29 is 18.3 Å². The van der Waals surface area contributed by atoms with Crippen molar-refractivity contribution in [3.63, 3.8) is 0 Å². The number of hydrogen-bond acceptors (Lipinski definition) is 3. The van der Waals surface area contributed by atoms with Crippen molar-refractivity contribution in [3.05, 3.63) is 24.6 Å². The van der Waals surface area contributed by atoms with E-state index in [1.54, 1.807) is 0 Å².